The standard InChI is InChI=1S/C9H16BFO2/c1-8(2)9(3,4)13-10(12-8)6-5-7-11/h5,7H,6H2,1-4H3/b7-5+. The van der Waals surface area contributed by atoms with Crippen LogP contribution in [-0.2, 0) is 9.31 Å². The molecule has 0 radical (unpaired) electrons. The van der Waals surface area contributed by atoms with Crippen LogP contribution < -0.4 is 0 Å². The number of hydrogen-bond donors (Lipinski definition) is 0. The molecule has 0 amide bonds. The smallest absolute Gasteiger partial charge is 0.403 e. The minimum Gasteiger partial charge on any atom is -0.403 e. The maximum Gasteiger partial charge on any atom is 0.461 e. The lowest BCUT2D eigenvalue weighted by Gasteiger charge is -2.32. The topological polar surface area (TPSA) is 18.5 Å². The highest BCUT2D eigenvalue weighted by atomic mass is 19.1. The fourth-order valence-corrected chi connectivity index (χ4v) is 1.22. The van der Waals surface area contributed by atoms with Crippen LogP contribution in [-0.4, -0.2) is 18.3 Å². The summed E-state index contributed by atoms with van der Waals surface area (Å²) in [6.45, 7) is 7.91. The highest BCUT2D eigenvalue weighted by Gasteiger charge is 2.50. The van der Waals surface area contributed by atoms with Crippen molar-refractivity contribution in [3.63, 3.8) is 0 Å². The van der Waals surface area contributed by atoms with Gasteiger partial charge in [-0.3, -0.25) is 0 Å². The van der Waals surface area contributed by atoms with Gasteiger partial charge in [-0.25, -0.2) is 4.39 Å². The third-order valence-corrected chi connectivity index (χ3v) is 2.72. The Hall–Kier alpha value is -0.345. The minimum absolute atomic E-state index is 0.318. The molecule has 0 N–H and O–H groups in total. The molecule has 0 spiro atoms. The molecule has 0 atom stereocenters. The fraction of sp³-hybridized carbons (Fsp3) is 0.778. The predicted octanol–water partition coefficient (Wildman–Crippen LogP) is 2.56. The summed E-state index contributed by atoms with van der Waals surface area (Å²) in [6, 6.07) is 0. The molecule has 13 heavy (non-hydrogen) atoms. The van der Waals surface area contributed by atoms with Crippen molar-refractivity contribution < 1.29 is 13.7 Å². The summed E-state index contributed by atoms with van der Waals surface area (Å²) in [5.74, 6) is 0. The van der Waals surface area contributed by atoms with Crippen molar-refractivity contribution in [2.75, 3.05) is 0 Å². The molecule has 1 aliphatic rings. The second kappa shape index (κ2) is 3.43. The molecule has 0 aromatic heterocycles. The van der Waals surface area contributed by atoms with E-state index in [4.69, 9.17) is 9.31 Å². The van der Waals surface area contributed by atoms with Crippen LogP contribution in [0.2, 0.25) is 6.32 Å². The zero-order valence-electron chi connectivity index (χ0n) is 8.63. The Morgan fingerprint density at radius 2 is 1.62 bits per heavy atom. The summed E-state index contributed by atoms with van der Waals surface area (Å²) in [7, 11) is -0.322. The van der Waals surface area contributed by atoms with Crippen LogP contribution in [0.4, 0.5) is 4.39 Å². The van der Waals surface area contributed by atoms with Crippen molar-refractivity contribution in [1.29, 1.82) is 0 Å². The van der Waals surface area contributed by atoms with Gasteiger partial charge in [0.1, 0.15) is 0 Å². The summed E-state index contributed by atoms with van der Waals surface area (Å²) in [5, 5.41) is 0. The third-order valence-electron chi connectivity index (χ3n) is 2.72. The maximum absolute atomic E-state index is 11.7. The molecule has 0 aliphatic carbocycles. The van der Waals surface area contributed by atoms with Crippen LogP contribution in [0.3, 0.4) is 0 Å². The van der Waals surface area contributed by atoms with Gasteiger partial charge in [-0.05, 0) is 27.7 Å². The monoisotopic (exact) mass is 186 g/mol. The van der Waals surface area contributed by atoms with E-state index in [-0.39, 0.29) is 18.3 Å². The molecule has 2 nitrogen and oxygen atoms in total. The highest BCUT2D eigenvalue weighted by molar-refractivity contribution is 6.46. The molecular formula is C9H16BFO2. The highest BCUT2D eigenvalue weighted by Crippen LogP contribution is 2.37. The molecule has 74 valence electrons. The number of rotatable bonds is 2. The van der Waals surface area contributed by atoms with Crippen LogP contribution in [0.5, 0.6) is 0 Å². The second-order valence-corrected chi connectivity index (χ2v) is 4.28. The molecule has 0 bridgehead atoms. The first kappa shape index (κ1) is 10.7. The Labute approximate surface area is 79.2 Å². The van der Waals surface area contributed by atoms with Crippen LogP contribution in [0.15, 0.2) is 12.4 Å². The molecule has 0 aromatic rings. The lowest BCUT2D eigenvalue weighted by atomic mass is 9.85. The minimum atomic E-state index is -0.322. The van der Waals surface area contributed by atoms with Gasteiger partial charge in [0.2, 0.25) is 0 Å². The molecule has 0 aromatic carbocycles. The van der Waals surface area contributed by atoms with E-state index in [1.54, 1.807) is 0 Å². The average Bonchev–Trinajstić information content (AvgIpc) is 2.17. The molecule has 1 saturated heterocycles. The first-order valence-corrected chi connectivity index (χ1v) is 4.50. The SMILES string of the molecule is CC1(C)OB(C/C=C/F)OC1(C)C. The van der Waals surface area contributed by atoms with Crippen molar-refractivity contribution >= 4 is 7.12 Å². The van der Waals surface area contributed by atoms with Crippen molar-refractivity contribution in [3.05, 3.63) is 12.4 Å². The molecule has 4 heteroatoms. The predicted molar refractivity (Wildman–Crippen MR) is 51.1 cm³/mol. The second-order valence-electron chi connectivity index (χ2n) is 4.28. The number of hydrogen-bond acceptors (Lipinski definition) is 2. The van der Waals surface area contributed by atoms with Crippen LogP contribution in [0.25, 0.3) is 0 Å². The van der Waals surface area contributed by atoms with Crippen LogP contribution in [0, 0.1) is 0 Å². The molecule has 1 fully saturated rings. The first-order valence-electron chi connectivity index (χ1n) is 4.50. The maximum atomic E-state index is 11.7. The Balaban J connectivity index is 2.60. The number of allylic oxidation sites excluding steroid dienone is 1. The van der Waals surface area contributed by atoms with Gasteiger partial charge in [0.15, 0.2) is 0 Å². The van der Waals surface area contributed by atoms with Crippen molar-refractivity contribution in [3.8, 4) is 0 Å². The van der Waals surface area contributed by atoms with Crippen molar-refractivity contribution in [2.45, 2.75) is 45.2 Å². The Morgan fingerprint density at radius 3 is 2.00 bits per heavy atom. The molecule has 0 unspecified atom stereocenters. The largest absolute Gasteiger partial charge is 0.461 e. The van der Waals surface area contributed by atoms with E-state index >= 15 is 0 Å². The van der Waals surface area contributed by atoms with Gasteiger partial charge < -0.3 is 9.31 Å². The average molecular weight is 186 g/mol. The van der Waals surface area contributed by atoms with E-state index in [2.05, 4.69) is 0 Å². The Kier molecular flexibility index (Phi) is 2.83. The molecule has 0 saturated carbocycles. The summed E-state index contributed by atoms with van der Waals surface area (Å²) in [5.41, 5.74) is -0.635. The van der Waals surface area contributed by atoms with E-state index in [0.717, 1.165) is 0 Å². The van der Waals surface area contributed by atoms with Crippen LogP contribution in [0.1, 0.15) is 27.7 Å². The van der Waals surface area contributed by atoms with Gasteiger partial charge in [-0.1, -0.05) is 6.08 Å². The summed E-state index contributed by atoms with van der Waals surface area (Å²) in [4.78, 5) is 0. The van der Waals surface area contributed by atoms with E-state index in [1.165, 1.54) is 6.08 Å². The molecule has 1 aliphatic heterocycles. The van der Waals surface area contributed by atoms with Crippen LogP contribution >= 0.6 is 0 Å². The van der Waals surface area contributed by atoms with Gasteiger partial charge >= 0.3 is 7.12 Å². The van der Waals surface area contributed by atoms with E-state index in [1.807, 2.05) is 27.7 Å². The Morgan fingerprint density at radius 1 is 1.15 bits per heavy atom. The van der Waals surface area contributed by atoms with Gasteiger partial charge in [0.05, 0.1) is 17.5 Å². The fourth-order valence-electron chi connectivity index (χ4n) is 1.22. The van der Waals surface area contributed by atoms with Crippen molar-refractivity contribution in [1.82, 2.24) is 0 Å². The van der Waals surface area contributed by atoms with Gasteiger partial charge in [0.25, 0.3) is 0 Å². The first-order chi connectivity index (χ1) is 5.89. The quantitative estimate of drug-likeness (QED) is 0.617. The molecular weight excluding hydrogens is 170 g/mol. The Bertz CT molecular complexity index is 198. The summed E-state index contributed by atoms with van der Waals surface area (Å²) < 4.78 is 23.0. The van der Waals surface area contributed by atoms with Gasteiger partial charge in [0, 0.05) is 6.32 Å². The zero-order chi connectivity index (χ0) is 10.1. The normalized spacial score (nSPS) is 25.8. The van der Waals surface area contributed by atoms with Gasteiger partial charge in [-0.2, -0.15) is 0 Å². The van der Waals surface area contributed by atoms with E-state index in [0.29, 0.717) is 12.6 Å². The summed E-state index contributed by atoms with van der Waals surface area (Å²) >= 11 is 0. The lowest BCUT2D eigenvalue weighted by Crippen LogP contribution is -2.41. The van der Waals surface area contributed by atoms with E-state index in [9.17, 15) is 4.39 Å². The van der Waals surface area contributed by atoms with Gasteiger partial charge in [-0.15, -0.1) is 0 Å². The number of halogens is 1. The molecule has 1 heterocycles. The zero-order valence-corrected chi connectivity index (χ0v) is 8.63. The third kappa shape index (κ3) is 2.12. The van der Waals surface area contributed by atoms with Crippen molar-refractivity contribution in [2.24, 2.45) is 0 Å². The molecule has 1 rings (SSSR count). The van der Waals surface area contributed by atoms with E-state index < -0.39 is 0 Å². The lowest BCUT2D eigenvalue weighted by molar-refractivity contribution is 0.00578. The summed E-state index contributed by atoms with van der Waals surface area (Å²) in [6.07, 6.45) is 2.39.